The van der Waals surface area contributed by atoms with Crippen LogP contribution in [0.1, 0.15) is 10.4 Å². The largest absolute Gasteiger partial charge is 0.507 e. The number of carbonyl (C=O) groups excluding carboxylic acids is 1. The number of para-hydroxylation sites is 1. The maximum atomic E-state index is 11.7. The highest BCUT2D eigenvalue weighted by molar-refractivity contribution is 6.01. The first-order valence-corrected chi connectivity index (χ1v) is 5.33. The molecule has 1 amide bonds. The highest BCUT2D eigenvalue weighted by atomic mass is 16.3. The van der Waals surface area contributed by atoms with Gasteiger partial charge in [-0.3, -0.25) is 4.79 Å². The molecule has 0 heterocycles. The van der Waals surface area contributed by atoms with Gasteiger partial charge in [0.05, 0.1) is 0 Å². The van der Waals surface area contributed by atoms with Gasteiger partial charge in [-0.05, 0) is 17.7 Å². The summed E-state index contributed by atoms with van der Waals surface area (Å²) in [5.41, 5.74) is 1.94. The number of aromatic hydroxyl groups is 1. The van der Waals surface area contributed by atoms with E-state index in [0.717, 1.165) is 5.56 Å². The average Bonchev–Trinajstić information content (AvgIpc) is 2.38. The van der Waals surface area contributed by atoms with Crippen LogP contribution in [0.3, 0.4) is 0 Å². The molecule has 0 aliphatic heterocycles. The summed E-state index contributed by atoms with van der Waals surface area (Å²) in [5.74, 6) is 0.00714. The van der Waals surface area contributed by atoms with Crippen molar-refractivity contribution >= 4 is 5.91 Å². The van der Waals surface area contributed by atoms with Crippen molar-refractivity contribution < 1.29 is 9.90 Å². The molecular formula is C14H13NO2. The predicted molar refractivity (Wildman–Crippen MR) is 66.9 cm³/mol. The first-order valence-electron chi connectivity index (χ1n) is 5.33. The van der Waals surface area contributed by atoms with Gasteiger partial charge in [0.2, 0.25) is 0 Å². The van der Waals surface area contributed by atoms with Gasteiger partial charge in [-0.25, -0.2) is 0 Å². The standard InChI is InChI=1S/C14H13NO2/c1-15-14(17)12-8-3-2-6-10(12)11-7-4-5-9-13(11)16/h2-9,16H,1H3,(H,15,17). The van der Waals surface area contributed by atoms with Crippen LogP contribution in [-0.4, -0.2) is 18.1 Å². The summed E-state index contributed by atoms with van der Waals surface area (Å²) in [6.45, 7) is 0. The highest BCUT2D eigenvalue weighted by Crippen LogP contribution is 2.31. The zero-order valence-electron chi connectivity index (χ0n) is 9.47. The molecular weight excluding hydrogens is 214 g/mol. The van der Waals surface area contributed by atoms with E-state index >= 15 is 0 Å². The molecule has 0 bridgehead atoms. The second-order valence-corrected chi connectivity index (χ2v) is 3.64. The lowest BCUT2D eigenvalue weighted by Gasteiger charge is -2.09. The van der Waals surface area contributed by atoms with Crippen LogP contribution in [0.15, 0.2) is 48.5 Å². The molecule has 2 aromatic rings. The molecule has 0 aromatic heterocycles. The Morgan fingerprint density at radius 1 is 1.00 bits per heavy atom. The first kappa shape index (κ1) is 11.2. The van der Waals surface area contributed by atoms with E-state index in [1.807, 2.05) is 18.2 Å². The molecule has 2 N–H and O–H groups in total. The maximum Gasteiger partial charge on any atom is 0.251 e. The Labute approximate surface area is 99.7 Å². The SMILES string of the molecule is CNC(=O)c1ccccc1-c1ccccc1O. The number of rotatable bonds is 2. The van der Waals surface area contributed by atoms with Crippen LogP contribution >= 0.6 is 0 Å². The van der Waals surface area contributed by atoms with Crippen LogP contribution in [0.2, 0.25) is 0 Å². The van der Waals surface area contributed by atoms with E-state index in [-0.39, 0.29) is 11.7 Å². The third-order valence-electron chi connectivity index (χ3n) is 2.59. The summed E-state index contributed by atoms with van der Waals surface area (Å²) in [7, 11) is 1.59. The molecule has 0 fully saturated rings. The van der Waals surface area contributed by atoms with Crippen molar-refractivity contribution in [1.82, 2.24) is 5.32 Å². The van der Waals surface area contributed by atoms with Crippen molar-refractivity contribution in [2.45, 2.75) is 0 Å². The predicted octanol–water partition coefficient (Wildman–Crippen LogP) is 2.42. The van der Waals surface area contributed by atoms with E-state index in [1.54, 1.807) is 37.4 Å². The van der Waals surface area contributed by atoms with E-state index in [4.69, 9.17) is 0 Å². The third-order valence-corrected chi connectivity index (χ3v) is 2.59. The summed E-state index contributed by atoms with van der Waals surface area (Å²) in [6.07, 6.45) is 0. The fourth-order valence-electron chi connectivity index (χ4n) is 1.75. The minimum Gasteiger partial charge on any atom is -0.507 e. The van der Waals surface area contributed by atoms with E-state index in [1.165, 1.54) is 0 Å². The summed E-state index contributed by atoms with van der Waals surface area (Å²) in [6, 6.07) is 14.2. The molecule has 17 heavy (non-hydrogen) atoms. The summed E-state index contributed by atoms with van der Waals surface area (Å²) >= 11 is 0. The molecule has 86 valence electrons. The second-order valence-electron chi connectivity index (χ2n) is 3.64. The van der Waals surface area contributed by atoms with Gasteiger partial charge in [0.1, 0.15) is 5.75 Å². The number of phenolic OH excluding ortho intramolecular Hbond substituents is 1. The monoisotopic (exact) mass is 227 g/mol. The van der Waals surface area contributed by atoms with Crippen LogP contribution in [0, 0.1) is 0 Å². The van der Waals surface area contributed by atoms with Crippen molar-refractivity contribution in [3.8, 4) is 16.9 Å². The van der Waals surface area contributed by atoms with Crippen LogP contribution in [0.5, 0.6) is 5.75 Å². The zero-order chi connectivity index (χ0) is 12.3. The average molecular weight is 227 g/mol. The molecule has 0 unspecified atom stereocenters. The Kier molecular flexibility index (Phi) is 3.10. The van der Waals surface area contributed by atoms with E-state index < -0.39 is 0 Å². The minimum atomic E-state index is -0.163. The Balaban J connectivity index is 2.60. The topological polar surface area (TPSA) is 49.3 Å². The van der Waals surface area contributed by atoms with Gasteiger partial charge in [0.25, 0.3) is 5.91 Å². The lowest BCUT2D eigenvalue weighted by atomic mass is 9.98. The lowest BCUT2D eigenvalue weighted by molar-refractivity contribution is 0.0964. The van der Waals surface area contributed by atoms with E-state index in [9.17, 15) is 9.90 Å². The number of benzene rings is 2. The van der Waals surface area contributed by atoms with Crippen molar-refractivity contribution in [2.24, 2.45) is 0 Å². The number of hydrogen-bond donors (Lipinski definition) is 2. The molecule has 0 saturated heterocycles. The van der Waals surface area contributed by atoms with Gasteiger partial charge in [0.15, 0.2) is 0 Å². The molecule has 2 aromatic carbocycles. The first-order chi connectivity index (χ1) is 8.24. The number of phenols is 1. The van der Waals surface area contributed by atoms with Gasteiger partial charge in [-0.15, -0.1) is 0 Å². The zero-order valence-corrected chi connectivity index (χ0v) is 9.47. The minimum absolute atomic E-state index is 0.163. The summed E-state index contributed by atoms with van der Waals surface area (Å²) in [5, 5.41) is 12.4. The number of amides is 1. The molecule has 0 aliphatic rings. The normalized spacial score (nSPS) is 9.94. The van der Waals surface area contributed by atoms with Gasteiger partial charge < -0.3 is 10.4 Å². The van der Waals surface area contributed by atoms with Crippen molar-refractivity contribution in [3.63, 3.8) is 0 Å². The van der Waals surface area contributed by atoms with Crippen LogP contribution in [0.4, 0.5) is 0 Å². The van der Waals surface area contributed by atoms with Crippen molar-refractivity contribution in [1.29, 1.82) is 0 Å². The van der Waals surface area contributed by atoms with Gasteiger partial charge in [-0.1, -0.05) is 36.4 Å². The Hall–Kier alpha value is -2.29. The quantitative estimate of drug-likeness (QED) is 0.827. The number of hydrogen-bond acceptors (Lipinski definition) is 2. The number of carbonyl (C=O) groups is 1. The Morgan fingerprint density at radius 3 is 2.24 bits per heavy atom. The molecule has 3 nitrogen and oxygen atoms in total. The number of nitrogens with one attached hydrogen (secondary N) is 1. The molecule has 0 saturated carbocycles. The highest BCUT2D eigenvalue weighted by Gasteiger charge is 2.12. The smallest absolute Gasteiger partial charge is 0.251 e. The molecule has 3 heteroatoms. The molecule has 0 atom stereocenters. The van der Waals surface area contributed by atoms with E-state index in [0.29, 0.717) is 11.1 Å². The molecule has 0 aliphatic carbocycles. The van der Waals surface area contributed by atoms with Crippen LogP contribution in [-0.2, 0) is 0 Å². The summed E-state index contributed by atoms with van der Waals surface area (Å²) < 4.78 is 0. The summed E-state index contributed by atoms with van der Waals surface area (Å²) in [4.78, 5) is 11.7. The van der Waals surface area contributed by atoms with Crippen LogP contribution < -0.4 is 5.32 Å². The molecule has 2 rings (SSSR count). The van der Waals surface area contributed by atoms with Crippen molar-refractivity contribution in [2.75, 3.05) is 7.05 Å². The Bertz CT molecular complexity index is 549. The fraction of sp³-hybridized carbons (Fsp3) is 0.0714. The second kappa shape index (κ2) is 4.70. The molecule has 0 spiro atoms. The lowest BCUT2D eigenvalue weighted by Crippen LogP contribution is -2.18. The Morgan fingerprint density at radius 2 is 1.59 bits per heavy atom. The van der Waals surface area contributed by atoms with Gasteiger partial charge >= 0.3 is 0 Å². The van der Waals surface area contributed by atoms with Gasteiger partial charge in [0, 0.05) is 18.2 Å². The van der Waals surface area contributed by atoms with Crippen molar-refractivity contribution in [3.05, 3.63) is 54.1 Å². The molecule has 0 radical (unpaired) electrons. The van der Waals surface area contributed by atoms with Crippen LogP contribution in [0.25, 0.3) is 11.1 Å². The maximum absolute atomic E-state index is 11.7. The fourth-order valence-corrected chi connectivity index (χ4v) is 1.75. The van der Waals surface area contributed by atoms with E-state index in [2.05, 4.69) is 5.32 Å². The third kappa shape index (κ3) is 2.13. The van der Waals surface area contributed by atoms with Gasteiger partial charge in [-0.2, -0.15) is 0 Å².